The van der Waals surface area contributed by atoms with Gasteiger partial charge >= 0.3 is 0 Å². The summed E-state index contributed by atoms with van der Waals surface area (Å²) in [5.74, 6) is 0. The van der Waals surface area contributed by atoms with E-state index in [4.69, 9.17) is 0 Å². The zero-order valence-electron chi connectivity index (χ0n) is 27.4. The molecule has 1 heteroatoms. The SMILES string of the molecule is CC1(C)c2ccccc2-c2ccc(N(c3ccc4c(c3)-c3c(-c5ccccc5)cccc3C4(C)C)c3ccc4ccccc4c3)cc21. The van der Waals surface area contributed by atoms with Crippen molar-refractivity contribution in [3.05, 3.63) is 174 Å². The van der Waals surface area contributed by atoms with E-state index >= 15 is 0 Å². The second-order valence-electron chi connectivity index (χ2n) is 14.2. The van der Waals surface area contributed by atoms with E-state index in [0.29, 0.717) is 0 Å². The summed E-state index contributed by atoms with van der Waals surface area (Å²) in [6, 6.07) is 56.3. The molecule has 0 unspecified atom stereocenters. The Labute approximate surface area is 277 Å². The molecule has 2 aliphatic rings. The Kier molecular flexibility index (Phi) is 5.96. The average molecular weight is 604 g/mol. The summed E-state index contributed by atoms with van der Waals surface area (Å²) in [4.78, 5) is 2.46. The fourth-order valence-corrected chi connectivity index (χ4v) is 8.38. The fourth-order valence-electron chi connectivity index (χ4n) is 8.38. The predicted molar refractivity (Wildman–Crippen MR) is 199 cm³/mol. The van der Waals surface area contributed by atoms with Gasteiger partial charge in [0.2, 0.25) is 0 Å². The lowest BCUT2D eigenvalue weighted by atomic mass is 9.82. The molecule has 0 bridgehead atoms. The second kappa shape index (κ2) is 10.0. The van der Waals surface area contributed by atoms with Crippen molar-refractivity contribution >= 4 is 27.8 Å². The normalized spacial score (nSPS) is 14.7. The molecule has 0 N–H and O–H groups in total. The van der Waals surface area contributed by atoms with E-state index in [0.717, 1.165) is 5.69 Å². The number of nitrogens with zero attached hydrogens (tertiary/aromatic N) is 1. The van der Waals surface area contributed by atoms with Crippen LogP contribution in [0.15, 0.2) is 152 Å². The first-order valence-corrected chi connectivity index (χ1v) is 16.7. The van der Waals surface area contributed by atoms with Crippen molar-refractivity contribution in [1.29, 1.82) is 0 Å². The first-order valence-electron chi connectivity index (χ1n) is 16.7. The van der Waals surface area contributed by atoms with Crippen molar-refractivity contribution < 1.29 is 0 Å². The maximum absolute atomic E-state index is 2.46. The fraction of sp³-hybridized carbons (Fsp3) is 0.130. The van der Waals surface area contributed by atoms with E-state index < -0.39 is 0 Å². The van der Waals surface area contributed by atoms with E-state index in [1.165, 1.54) is 77.8 Å². The number of anilines is 3. The maximum atomic E-state index is 2.46. The Morgan fingerprint density at radius 2 is 0.936 bits per heavy atom. The Hall–Kier alpha value is -5.40. The number of hydrogen-bond donors (Lipinski definition) is 0. The minimum absolute atomic E-state index is 0.0809. The molecule has 226 valence electrons. The molecule has 0 aliphatic heterocycles. The monoisotopic (exact) mass is 603 g/mol. The first-order chi connectivity index (χ1) is 22.8. The molecule has 2 aliphatic carbocycles. The summed E-state index contributed by atoms with van der Waals surface area (Å²) in [7, 11) is 0. The molecule has 0 spiro atoms. The summed E-state index contributed by atoms with van der Waals surface area (Å²) < 4.78 is 0. The van der Waals surface area contributed by atoms with E-state index in [9.17, 15) is 0 Å². The van der Waals surface area contributed by atoms with Crippen LogP contribution in [-0.2, 0) is 10.8 Å². The van der Waals surface area contributed by atoms with Crippen LogP contribution in [0.4, 0.5) is 17.1 Å². The Morgan fingerprint density at radius 3 is 1.79 bits per heavy atom. The first kappa shape index (κ1) is 27.9. The molecule has 7 aromatic rings. The molecule has 0 saturated carbocycles. The zero-order valence-corrected chi connectivity index (χ0v) is 27.4. The summed E-state index contributed by atoms with van der Waals surface area (Å²) in [5, 5.41) is 2.49. The summed E-state index contributed by atoms with van der Waals surface area (Å²) in [5.41, 5.74) is 16.8. The lowest BCUT2D eigenvalue weighted by Gasteiger charge is -2.29. The van der Waals surface area contributed by atoms with Crippen LogP contribution in [0, 0.1) is 0 Å². The molecule has 7 aromatic carbocycles. The average Bonchev–Trinajstić information content (AvgIpc) is 3.48. The van der Waals surface area contributed by atoms with Gasteiger partial charge < -0.3 is 4.90 Å². The van der Waals surface area contributed by atoms with Crippen molar-refractivity contribution in [2.75, 3.05) is 4.90 Å². The van der Waals surface area contributed by atoms with Crippen molar-refractivity contribution in [2.45, 2.75) is 38.5 Å². The highest BCUT2D eigenvalue weighted by Crippen LogP contribution is 2.55. The van der Waals surface area contributed by atoms with Gasteiger partial charge in [-0.25, -0.2) is 0 Å². The van der Waals surface area contributed by atoms with Crippen LogP contribution in [-0.4, -0.2) is 0 Å². The highest BCUT2D eigenvalue weighted by atomic mass is 15.1. The highest BCUT2D eigenvalue weighted by Gasteiger charge is 2.38. The number of hydrogen-bond acceptors (Lipinski definition) is 1. The third-order valence-corrected chi connectivity index (χ3v) is 10.8. The van der Waals surface area contributed by atoms with Gasteiger partial charge in [0.1, 0.15) is 0 Å². The zero-order chi connectivity index (χ0) is 31.9. The molecule has 0 aromatic heterocycles. The molecule has 0 heterocycles. The van der Waals surface area contributed by atoms with Gasteiger partial charge in [-0.05, 0) is 103 Å². The highest BCUT2D eigenvalue weighted by molar-refractivity contribution is 5.96. The molecule has 1 nitrogen and oxygen atoms in total. The van der Waals surface area contributed by atoms with Crippen LogP contribution in [0.2, 0.25) is 0 Å². The van der Waals surface area contributed by atoms with Crippen LogP contribution in [0.25, 0.3) is 44.2 Å². The van der Waals surface area contributed by atoms with Gasteiger partial charge in [-0.2, -0.15) is 0 Å². The molecule has 0 fully saturated rings. The standard InChI is InChI=1S/C46H37N/c1-45(2)41-26-24-34(28-39(41)44-36(18-12-20-42(44)45)31-14-6-5-7-15-31)47(33-22-21-30-13-8-9-16-32(30)27-33)35-23-25-38-37-17-10-11-19-40(37)46(3,4)43(38)29-35/h5-29H,1-4H3. The molecule has 0 radical (unpaired) electrons. The molecular formula is C46H37N. The van der Waals surface area contributed by atoms with Crippen LogP contribution < -0.4 is 4.90 Å². The second-order valence-corrected chi connectivity index (χ2v) is 14.2. The lowest BCUT2D eigenvalue weighted by Crippen LogP contribution is -2.17. The van der Waals surface area contributed by atoms with Crippen LogP contribution in [0.3, 0.4) is 0 Å². The summed E-state index contributed by atoms with van der Waals surface area (Å²) >= 11 is 0. The van der Waals surface area contributed by atoms with Crippen LogP contribution >= 0.6 is 0 Å². The van der Waals surface area contributed by atoms with Gasteiger partial charge in [0.25, 0.3) is 0 Å². The summed E-state index contributed by atoms with van der Waals surface area (Å²) in [6.07, 6.45) is 0. The third kappa shape index (κ3) is 4.09. The van der Waals surface area contributed by atoms with E-state index in [-0.39, 0.29) is 10.8 Å². The Morgan fingerprint density at radius 1 is 0.362 bits per heavy atom. The molecule has 9 rings (SSSR count). The number of rotatable bonds is 4. The van der Waals surface area contributed by atoms with Gasteiger partial charge in [0.15, 0.2) is 0 Å². The van der Waals surface area contributed by atoms with E-state index in [2.05, 4.69) is 184 Å². The predicted octanol–water partition coefficient (Wildman–Crippen LogP) is 12.6. The molecule has 0 amide bonds. The minimum Gasteiger partial charge on any atom is -0.310 e. The van der Waals surface area contributed by atoms with E-state index in [1.807, 2.05) is 0 Å². The lowest BCUT2D eigenvalue weighted by molar-refractivity contribution is 0.660. The largest absolute Gasteiger partial charge is 0.310 e. The summed E-state index contributed by atoms with van der Waals surface area (Å²) in [6.45, 7) is 9.46. The molecule has 0 atom stereocenters. The Bertz CT molecular complexity index is 2360. The van der Waals surface area contributed by atoms with Gasteiger partial charge in [-0.1, -0.05) is 143 Å². The van der Waals surface area contributed by atoms with Gasteiger partial charge in [0, 0.05) is 27.9 Å². The topological polar surface area (TPSA) is 3.24 Å². The van der Waals surface area contributed by atoms with Gasteiger partial charge in [-0.15, -0.1) is 0 Å². The number of benzene rings is 7. The van der Waals surface area contributed by atoms with Crippen molar-refractivity contribution in [2.24, 2.45) is 0 Å². The number of fused-ring (bicyclic) bond motifs is 7. The van der Waals surface area contributed by atoms with E-state index in [1.54, 1.807) is 0 Å². The Balaban J connectivity index is 1.27. The van der Waals surface area contributed by atoms with Gasteiger partial charge in [-0.3, -0.25) is 0 Å². The van der Waals surface area contributed by atoms with Crippen LogP contribution in [0.1, 0.15) is 49.9 Å². The third-order valence-electron chi connectivity index (χ3n) is 10.8. The maximum Gasteiger partial charge on any atom is 0.0468 e. The molecule has 47 heavy (non-hydrogen) atoms. The molecule has 0 saturated heterocycles. The van der Waals surface area contributed by atoms with Crippen molar-refractivity contribution in [1.82, 2.24) is 0 Å². The molecular weight excluding hydrogens is 567 g/mol. The van der Waals surface area contributed by atoms with Crippen LogP contribution in [0.5, 0.6) is 0 Å². The van der Waals surface area contributed by atoms with Crippen molar-refractivity contribution in [3.63, 3.8) is 0 Å². The van der Waals surface area contributed by atoms with Crippen molar-refractivity contribution in [3.8, 4) is 33.4 Å². The quantitative estimate of drug-likeness (QED) is 0.193. The smallest absolute Gasteiger partial charge is 0.0468 e. The minimum atomic E-state index is -0.0921. The van der Waals surface area contributed by atoms with Gasteiger partial charge in [0.05, 0.1) is 0 Å².